The Morgan fingerprint density at radius 2 is 2.00 bits per heavy atom. The van der Waals surface area contributed by atoms with Crippen LogP contribution in [0.5, 0.6) is 5.75 Å². The molecule has 1 amide bonds. The van der Waals surface area contributed by atoms with Crippen LogP contribution >= 0.6 is 0 Å². The van der Waals surface area contributed by atoms with E-state index in [1.165, 1.54) is 6.07 Å². The van der Waals surface area contributed by atoms with Gasteiger partial charge in [-0.3, -0.25) is 4.79 Å². The van der Waals surface area contributed by atoms with Crippen LogP contribution in [0.1, 0.15) is 37.8 Å². The molecular weight excluding hydrogens is 383 g/mol. The summed E-state index contributed by atoms with van der Waals surface area (Å²) in [6.07, 6.45) is 1.58. The minimum absolute atomic E-state index is 0.397. The molecule has 1 fully saturated rings. The summed E-state index contributed by atoms with van der Waals surface area (Å²) in [5.74, 6) is -0.725. The van der Waals surface area contributed by atoms with E-state index in [0.29, 0.717) is 24.5 Å². The second-order valence-electron chi connectivity index (χ2n) is 7.54. The van der Waals surface area contributed by atoms with Crippen molar-refractivity contribution >= 4 is 15.9 Å². The highest BCUT2D eigenvalue weighted by atomic mass is 32.2. The summed E-state index contributed by atoms with van der Waals surface area (Å²) in [6.45, 7) is 6.09. The first-order valence-corrected chi connectivity index (χ1v) is 10.6. The number of nitrogens with zero attached hydrogens (tertiary/aromatic N) is 1. The lowest BCUT2D eigenvalue weighted by molar-refractivity contribution is -0.127. The summed E-state index contributed by atoms with van der Waals surface area (Å²) in [5.41, 5.74) is 0.713. The Hall–Kier alpha value is -2.48. The van der Waals surface area contributed by atoms with Crippen molar-refractivity contribution in [3.05, 3.63) is 53.5 Å². The zero-order chi connectivity index (χ0) is 20.5. The molecule has 0 unspecified atom stereocenters. The summed E-state index contributed by atoms with van der Waals surface area (Å²) < 4.78 is 46.0. The molecule has 150 valence electrons. The van der Waals surface area contributed by atoms with Gasteiger partial charge in [0.05, 0.1) is 0 Å². The molecule has 1 saturated carbocycles. The fraction of sp³-hybridized carbons (Fsp3) is 0.400. The summed E-state index contributed by atoms with van der Waals surface area (Å²) in [6, 6.07) is 9.17. The molecule has 1 heterocycles. The molecule has 0 atom stereocenters. The van der Waals surface area contributed by atoms with E-state index in [2.05, 4.69) is 18.8 Å². The quantitative estimate of drug-likeness (QED) is 0.714. The number of aromatic nitrogens is 1. The molecule has 1 aliphatic rings. The van der Waals surface area contributed by atoms with Gasteiger partial charge in [-0.2, -0.15) is 12.8 Å². The number of amides is 1. The van der Waals surface area contributed by atoms with Crippen molar-refractivity contribution in [3.63, 3.8) is 0 Å². The highest BCUT2D eigenvalue weighted by Gasteiger charge is 2.54. The molecular formula is C20H23FN2O4S. The Kier molecular flexibility index (Phi) is 5.43. The molecule has 2 aromatic rings. The third kappa shape index (κ3) is 4.49. The number of carbonyl (C=O) groups excluding carboxylic acids is 1. The van der Waals surface area contributed by atoms with Gasteiger partial charge in [-0.1, -0.05) is 32.0 Å². The number of hydrogen-bond donors (Lipinski definition) is 1. The van der Waals surface area contributed by atoms with Gasteiger partial charge in [-0.15, -0.1) is 0 Å². The molecule has 0 aliphatic heterocycles. The first-order valence-electron chi connectivity index (χ1n) is 9.10. The minimum Gasteiger partial charge on any atom is -0.477 e. The van der Waals surface area contributed by atoms with Gasteiger partial charge in [0.15, 0.2) is 10.6 Å². The fourth-order valence-electron chi connectivity index (χ4n) is 2.87. The van der Waals surface area contributed by atoms with Crippen LogP contribution in [0.25, 0.3) is 0 Å². The second-order valence-corrected chi connectivity index (χ2v) is 9.17. The van der Waals surface area contributed by atoms with Crippen LogP contribution < -0.4 is 9.46 Å². The van der Waals surface area contributed by atoms with Crippen LogP contribution in [-0.2, 0) is 21.2 Å². The summed E-state index contributed by atoms with van der Waals surface area (Å²) in [4.78, 5) is 16.0. The predicted octanol–water partition coefficient (Wildman–Crippen LogP) is 3.14. The molecule has 28 heavy (non-hydrogen) atoms. The fourth-order valence-corrected chi connectivity index (χ4v) is 3.87. The van der Waals surface area contributed by atoms with Crippen LogP contribution in [0.2, 0.25) is 0 Å². The van der Waals surface area contributed by atoms with E-state index in [1.54, 1.807) is 0 Å². The number of hydrogen-bond acceptors (Lipinski definition) is 5. The zero-order valence-electron chi connectivity index (χ0n) is 16.0. The normalized spacial score (nSPS) is 15.3. The van der Waals surface area contributed by atoms with Crippen LogP contribution in [-0.4, -0.2) is 24.9 Å². The zero-order valence-corrected chi connectivity index (χ0v) is 16.8. The molecule has 1 aliphatic carbocycles. The monoisotopic (exact) mass is 406 g/mol. The summed E-state index contributed by atoms with van der Waals surface area (Å²) >= 11 is 0. The molecule has 3 rings (SSSR count). The van der Waals surface area contributed by atoms with Gasteiger partial charge in [0.1, 0.15) is 5.75 Å². The van der Waals surface area contributed by atoms with Crippen molar-refractivity contribution in [2.45, 2.75) is 50.7 Å². The van der Waals surface area contributed by atoms with Crippen molar-refractivity contribution in [2.75, 3.05) is 0 Å². The number of pyridine rings is 1. The molecule has 6 nitrogen and oxygen atoms in total. The van der Waals surface area contributed by atoms with E-state index in [-0.39, 0.29) is 0 Å². The second kappa shape index (κ2) is 7.50. The number of sulfonamides is 1. The highest BCUT2D eigenvalue weighted by molar-refractivity contribution is 7.90. The Bertz CT molecular complexity index is 1000. The van der Waals surface area contributed by atoms with Crippen LogP contribution in [0.4, 0.5) is 4.39 Å². The molecule has 0 radical (unpaired) electrons. The highest BCUT2D eigenvalue weighted by Crippen LogP contribution is 2.42. The third-order valence-electron chi connectivity index (χ3n) is 4.47. The lowest BCUT2D eigenvalue weighted by Gasteiger charge is -2.21. The predicted molar refractivity (Wildman–Crippen MR) is 102 cm³/mol. The molecule has 0 saturated heterocycles. The van der Waals surface area contributed by atoms with Crippen LogP contribution in [0, 0.1) is 18.8 Å². The van der Waals surface area contributed by atoms with Gasteiger partial charge in [-0.05, 0) is 48.6 Å². The van der Waals surface area contributed by atoms with Crippen molar-refractivity contribution in [1.82, 2.24) is 9.71 Å². The van der Waals surface area contributed by atoms with Crippen molar-refractivity contribution < 1.29 is 22.3 Å². The average molecular weight is 406 g/mol. The van der Waals surface area contributed by atoms with E-state index in [4.69, 9.17) is 4.74 Å². The SMILES string of the molecule is Cc1ccc(CC(C)C)c(OC2(C(=O)NS(=O)(=O)c3cccc(F)n3)CC2)c1. The number of nitrogens with one attached hydrogen (secondary N) is 1. The van der Waals surface area contributed by atoms with Crippen LogP contribution in [0.3, 0.4) is 0 Å². The Labute approximate surface area is 164 Å². The number of benzene rings is 1. The molecule has 0 bridgehead atoms. The molecule has 0 spiro atoms. The minimum atomic E-state index is -4.29. The Morgan fingerprint density at radius 3 is 2.61 bits per heavy atom. The standard InChI is InChI=1S/C20H23FN2O4S/c1-13(2)11-15-8-7-14(3)12-16(15)27-20(9-10-20)19(24)23-28(25,26)18-6-4-5-17(21)22-18/h4-8,12-13H,9-11H2,1-3H3,(H,23,24). The Morgan fingerprint density at radius 1 is 1.29 bits per heavy atom. The van der Waals surface area contributed by atoms with E-state index < -0.39 is 32.5 Å². The van der Waals surface area contributed by atoms with E-state index >= 15 is 0 Å². The molecule has 1 aromatic heterocycles. The maximum atomic E-state index is 13.2. The van der Waals surface area contributed by atoms with E-state index in [1.807, 2.05) is 29.8 Å². The van der Waals surface area contributed by atoms with Crippen molar-refractivity contribution in [2.24, 2.45) is 5.92 Å². The smallest absolute Gasteiger partial charge is 0.281 e. The van der Waals surface area contributed by atoms with E-state index in [0.717, 1.165) is 29.7 Å². The molecule has 1 aromatic carbocycles. The molecule has 1 N–H and O–H groups in total. The maximum absolute atomic E-state index is 13.2. The Balaban J connectivity index is 1.81. The van der Waals surface area contributed by atoms with Gasteiger partial charge in [-0.25, -0.2) is 9.71 Å². The van der Waals surface area contributed by atoms with Gasteiger partial charge in [0.2, 0.25) is 5.95 Å². The van der Waals surface area contributed by atoms with Crippen molar-refractivity contribution in [1.29, 1.82) is 0 Å². The third-order valence-corrected chi connectivity index (χ3v) is 5.70. The van der Waals surface area contributed by atoms with Gasteiger partial charge >= 0.3 is 0 Å². The first kappa shape index (κ1) is 20.3. The number of halogens is 1. The lowest BCUT2D eigenvalue weighted by atomic mass is 10.0. The van der Waals surface area contributed by atoms with Crippen LogP contribution in [0.15, 0.2) is 41.4 Å². The molecule has 8 heteroatoms. The van der Waals surface area contributed by atoms with Gasteiger partial charge < -0.3 is 4.74 Å². The van der Waals surface area contributed by atoms with Crippen molar-refractivity contribution in [3.8, 4) is 5.75 Å². The summed E-state index contributed by atoms with van der Waals surface area (Å²) in [5, 5.41) is -0.548. The van der Waals surface area contributed by atoms with E-state index in [9.17, 15) is 17.6 Å². The number of ether oxygens (including phenoxy) is 1. The average Bonchev–Trinajstić information content (AvgIpc) is 3.37. The topological polar surface area (TPSA) is 85.4 Å². The van der Waals surface area contributed by atoms with Gasteiger partial charge in [0, 0.05) is 12.8 Å². The number of aryl methyl sites for hydroxylation is 1. The maximum Gasteiger partial charge on any atom is 0.281 e. The first-order chi connectivity index (χ1) is 13.1. The van der Waals surface area contributed by atoms with Gasteiger partial charge in [0.25, 0.3) is 15.9 Å². The largest absolute Gasteiger partial charge is 0.477 e. The summed E-state index contributed by atoms with van der Waals surface area (Å²) in [7, 11) is -4.29. The number of carbonyl (C=O) groups is 1. The number of rotatable bonds is 7. The lowest BCUT2D eigenvalue weighted by Crippen LogP contribution is -2.43.